The van der Waals surface area contributed by atoms with E-state index in [9.17, 15) is 9.59 Å². The standard InChI is InChI=1S/C16H20O3/c1-2-19-15(18)16(11-6-12-16)14(17)10-9-13-7-4-3-5-8-13/h3-5,7-8H,2,6,9-12H2,1H3. The lowest BCUT2D eigenvalue weighted by Crippen LogP contribution is -2.46. The number of esters is 1. The van der Waals surface area contributed by atoms with E-state index in [1.807, 2.05) is 30.3 Å². The van der Waals surface area contributed by atoms with Crippen LogP contribution in [0.1, 0.15) is 38.2 Å². The van der Waals surface area contributed by atoms with Crippen LogP contribution in [0.25, 0.3) is 0 Å². The van der Waals surface area contributed by atoms with E-state index in [2.05, 4.69) is 0 Å². The van der Waals surface area contributed by atoms with Crippen LogP contribution in [0.4, 0.5) is 0 Å². The topological polar surface area (TPSA) is 43.4 Å². The number of benzene rings is 1. The first kappa shape index (κ1) is 13.8. The molecule has 3 nitrogen and oxygen atoms in total. The fourth-order valence-electron chi connectivity index (χ4n) is 2.54. The Kier molecular flexibility index (Phi) is 4.35. The van der Waals surface area contributed by atoms with Crippen molar-refractivity contribution >= 4 is 11.8 Å². The predicted molar refractivity (Wildman–Crippen MR) is 72.7 cm³/mol. The van der Waals surface area contributed by atoms with Crippen molar-refractivity contribution < 1.29 is 14.3 Å². The van der Waals surface area contributed by atoms with Crippen LogP contribution in [0.5, 0.6) is 0 Å². The van der Waals surface area contributed by atoms with Gasteiger partial charge in [0.1, 0.15) is 5.41 Å². The summed E-state index contributed by atoms with van der Waals surface area (Å²) in [6.45, 7) is 2.12. The van der Waals surface area contributed by atoms with Crippen LogP contribution in [0.15, 0.2) is 30.3 Å². The van der Waals surface area contributed by atoms with E-state index < -0.39 is 5.41 Å². The van der Waals surface area contributed by atoms with Gasteiger partial charge < -0.3 is 4.74 Å². The van der Waals surface area contributed by atoms with Gasteiger partial charge >= 0.3 is 5.97 Å². The molecule has 0 heterocycles. The zero-order chi connectivity index (χ0) is 13.7. The number of ketones is 1. The SMILES string of the molecule is CCOC(=O)C1(C(=O)CCc2ccccc2)CCC1. The summed E-state index contributed by atoms with van der Waals surface area (Å²) in [4.78, 5) is 24.3. The largest absolute Gasteiger partial charge is 0.465 e. The Balaban J connectivity index is 1.96. The van der Waals surface area contributed by atoms with E-state index >= 15 is 0 Å². The summed E-state index contributed by atoms with van der Waals surface area (Å²) in [5, 5.41) is 0. The van der Waals surface area contributed by atoms with Crippen LogP contribution in [0.2, 0.25) is 0 Å². The van der Waals surface area contributed by atoms with Crippen molar-refractivity contribution in [3.63, 3.8) is 0 Å². The molecule has 1 aliphatic rings. The third kappa shape index (κ3) is 2.86. The number of ether oxygens (including phenoxy) is 1. The van der Waals surface area contributed by atoms with Crippen LogP contribution < -0.4 is 0 Å². The number of aryl methyl sites for hydroxylation is 1. The van der Waals surface area contributed by atoms with Crippen molar-refractivity contribution in [3.8, 4) is 0 Å². The second kappa shape index (κ2) is 6.00. The lowest BCUT2D eigenvalue weighted by molar-refractivity contribution is -0.166. The highest BCUT2D eigenvalue weighted by Crippen LogP contribution is 2.43. The molecule has 0 N–H and O–H groups in total. The van der Waals surface area contributed by atoms with Crippen molar-refractivity contribution in [2.24, 2.45) is 5.41 Å². The maximum atomic E-state index is 12.3. The first-order chi connectivity index (χ1) is 9.19. The molecule has 1 aromatic rings. The number of hydrogen-bond acceptors (Lipinski definition) is 3. The quantitative estimate of drug-likeness (QED) is 0.583. The minimum absolute atomic E-state index is 0.0426. The van der Waals surface area contributed by atoms with Gasteiger partial charge in [0, 0.05) is 6.42 Å². The van der Waals surface area contributed by atoms with E-state index in [1.165, 1.54) is 0 Å². The average Bonchev–Trinajstić information content (AvgIpc) is 2.36. The Morgan fingerprint density at radius 3 is 2.42 bits per heavy atom. The molecule has 2 rings (SSSR count). The average molecular weight is 260 g/mol. The van der Waals surface area contributed by atoms with Gasteiger partial charge in [-0.2, -0.15) is 0 Å². The van der Waals surface area contributed by atoms with Crippen LogP contribution in [-0.4, -0.2) is 18.4 Å². The summed E-state index contributed by atoms with van der Waals surface area (Å²) in [5.41, 5.74) is 0.305. The van der Waals surface area contributed by atoms with Gasteiger partial charge in [-0.15, -0.1) is 0 Å². The lowest BCUT2D eigenvalue weighted by atomic mass is 9.65. The zero-order valence-corrected chi connectivity index (χ0v) is 11.4. The van der Waals surface area contributed by atoms with Gasteiger partial charge in [-0.25, -0.2) is 0 Å². The molecule has 0 bridgehead atoms. The highest BCUT2D eigenvalue weighted by molar-refractivity contribution is 6.04. The van der Waals surface area contributed by atoms with Gasteiger partial charge in [-0.1, -0.05) is 36.8 Å². The smallest absolute Gasteiger partial charge is 0.319 e. The zero-order valence-electron chi connectivity index (χ0n) is 11.4. The number of Topliss-reactive ketones (excluding diaryl/α,β-unsaturated/α-hetero) is 1. The fraction of sp³-hybridized carbons (Fsp3) is 0.500. The number of rotatable bonds is 6. The first-order valence-electron chi connectivity index (χ1n) is 6.93. The van der Waals surface area contributed by atoms with Crippen molar-refractivity contribution in [3.05, 3.63) is 35.9 Å². The molecule has 0 saturated heterocycles. The monoisotopic (exact) mass is 260 g/mol. The van der Waals surface area contributed by atoms with Crippen LogP contribution >= 0.6 is 0 Å². The molecule has 1 aromatic carbocycles. The van der Waals surface area contributed by atoms with E-state index in [1.54, 1.807) is 6.92 Å². The van der Waals surface area contributed by atoms with Crippen LogP contribution in [-0.2, 0) is 20.7 Å². The minimum atomic E-state index is -0.829. The van der Waals surface area contributed by atoms with Gasteiger partial charge in [-0.3, -0.25) is 9.59 Å². The molecule has 0 amide bonds. The molecule has 19 heavy (non-hydrogen) atoms. The van der Waals surface area contributed by atoms with Crippen molar-refractivity contribution in [2.75, 3.05) is 6.61 Å². The fourth-order valence-corrected chi connectivity index (χ4v) is 2.54. The predicted octanol–water partition coefficient (Wildman–Crippen LogP) is 2.92. The van der Waals surface area contributed by atoms with Gasteiger partial charge in [0.2, 0.25) is 0 Å². The summed E-state index contributed by atoms with van der Waals surface area (Å²) in [6.07, 6.45) is 3.36. The lowest BCUT2D eigenvalue weighted by Gasteiger charge is -2.37. The Hall–Kier alpha value is -1.64. The Morgan fingerprint density at radius 1 is 1.21 bits per heavy atom. The molecule has 1 aliphatic carbocycles. The van der Waals surface area contributed by atoms with Gasteiger partial charge in [-0.05, 0) is 31.7 Å². The van der Waals surface area contributed by atoms with Crippen molar-refractivity contribution in [1.29, 1.82) is 0 Å². The second-order valence-corrected chi connectivity index (χ2v) is 5.06. The highest BCUT2D eigenvalue weighted by Gasteiger charge is 2.51. The Bertz CT molecular complexity index is 446. The highest BCUT2D eigenvalue weighted by atomic mass is 16.5. The molecule has 3 heteroatoms. The summed E-state index contributed by atoms with van der Waals surface area (Å²) in [5.74, 6) is -0.277. The first-order valence-corrected chi connectivity index (χ1v) is 6.93. The summed E-state index contributed by atoms with van der Waals surface area (Å²) >= 11 is 0. The molecule has 0 aromatic heterocycles. The molecular weight excluding hydrogens is 240 g/mol. The van der Waals surface area contributed by atoms with E-state index in [-0.39, 0.29) is 11.8 Å². The maximum Gasteiger partial charge on any atom is 0.319 e. The number of carbonyl (C=O) groups is 2. The van der Waals surface area contributed by atoms with E-state index in [0.29, 0.717) is 32.3 Å². The second-order valence-electron chi connectivity index (χ2n) is 5.06. The van der Waals surface area contributed by atoms with Gasteiger partial charge in [0.15, 0.2) is 5.78 Å². The number of hydrogen-bond donors (Lipinski definition) is 0. The summed E-state index contributed by atoms with van der Waals surface area (Å²) < 4.78 is 5.06. The maximum absolute atomic E-state index is 12.3. The van der Waals surface area contributed by atoms with Crippen molar-refractivity contribution in [2.45, 2.75) is 39.0 Å². The molecular formula is C16H20O3. The van der Waals surface area contributed by atoms with Gasteiger partial charge in [0.05, 0.1) is 6.61 Å². The molecule has 102 valence electrons. The normalized spacial score (nSPS) is 16.5. The molecule has 1 saturated carbocycles. The van der Waals surface area contributed by atoms with E-state index in [0.717, 1.165) is 12.0 Å². The Morgan fingerprint density at radius 2 is 1.89 bits per heavy atom. The third-order valence-electron chi connectivity index (χ3n) is 3.89. The minimum Gasteiger partial charge on any atom is -0.465 e. The van der Waals surface area contributed by atoms with Gasteiger partial charge in [0.25, 0.3) is 0 Å². The van der Waals surface area contributed by atoms with Crippen LogP contribution in [0.3, 0.4) is 0 Å². The van der Waals surface area contributed by atoms with Crippen molar-refractivity contribution in [1.82, 2.24) is 0 Å². The van der Waals surface area contributed by atoms with E-state index in [4.69, 9.17) is 4.74 Å². The summed E-state index contributed by atoms with van der Waals surface area (Å²) in [7, 11) is 0. The molecule has 0 atom stereocenters. The molecule has 0 spiro atoms. The summed E-state index contributed by atoms with van der Waals surface area (Å²) in [6, 6.07) is 9.89. The Labute approximate surface area is 114 Å². The molecule has 0 aliphatic heterocycles. The van der Waals surface area contributed by atoms with Crippen LogP contribution in [0, 0.1) is 5.41 Å². The molecule has 0 unspecified atom stereocenters. The number of carbonyl (C=O) groups excluding carboxylic acids is 2. The molecule has 1 fully saturated rings. The third-order valence-corrected chi connectivity index (χ3v) is 3.89. The molecule has 0 radical (unpaired) electrons.